The number of aliphatic imine (C=N–C) groups is 3. The number of amidine groups is 3. The van der Waals surface area contributed by atoms with Gasteiger partial charge in [-0.1, -0.05) is 0 Å². The van der Waals surface area contributed by atoms with Crippen LogP contribution in [0.2, 0.25) is 0 Å². The second kappa shape index (κ2) is 10.4. The molecule has 0 aromatic heterocycles. The number of ether oxygens (including phenoxy) is 1. The number of rotatable bonds is 7. The third-order valence-electron chi connectivity index (χ3n) is 5.32. The van der Waals surface area contributed by atoms with E-state index in [1.165, 1.54) is 0 Å². The van der Waals surface area contributed by atoms with E-state index in [2.05, 4.69) is 14.8 Å². The number of hydrogen-bond donors (Lipinski definition) is 6. The number of aliphatic hydroxyl groups is 2. The van der Waals surface area contributed by atoms with Crippen LogP contribution in [0.3, 0.4) is 0 Å². The van der Waals surface area contributed by atoms with Gasteiger partial charge in [0.2, 0.25) is 5.66 Å². The predicted molar refractivity (Wildman–Crippen MR) is 114 cm³/mol. The van der Waals surface area contributed by atoms with Gasteiger partial charge in [0.15, 0.2) is 12.1 Å². The lowest BCUT2D eigenvalue weighted by atomic mass is 10.0. The van der Waals surface area contributed by atoms with Crippen LogP contribution in [0.15, 0.2) is 15.0 Å². The van der Waals surface area contributed by atoms with Gasteiger partial charge in [-0.05, 0) is 33.7 Å². The molecular weight excluding hydrogens is 450 g/mol. The highest BCUT2D eigenvalue weighted by atomic mass is 32.3. The molecule has 3 aliphatic heterocycles. The average molecular weight is 482 g/mol. The highest BCUT2D eigenvalue weighted by molar-refractivity contribution is 7.79. The molecule has 3 aliphatic rings. The molecular formula is C16H31N7O8S. The van der Waals surface area contributed by atoms with Gasteiger partial charge < -0.3 is 25.5 Å². The van der Waals surface area contributed by atoms with E-state index < -0.39 is 40.6 Å². The maximum Gasteiger partial charge on any atom is 0.394 e. The van der Waals surface area contributed by atoms with Crippen molar-refractivity contribution in [3.63, 3.8) is 0 Å². The first-order chi connectivity index (χ1) is 14.8. The molecule has 0 saturated carbocycles. The SMILES string of the molecule is CC1=NC2(N(C)CCCCON)C(N)=NCN=C2N1[C@@H]1O[C@H](C)[C@@H](O)[C@H]1O.O=S(=O)(O)O. The molecule has 1 fully saturated rings. The highest BCUT2D eigenvalue weighted by Gasteiger charge is 2.57. The van der Waals surface area contributed by atoms with Crippen LogP contribution in [0.4, 0.5) is 0 Å². The largest absolute Gasteiger partial charge is 0.394 e. The Kier molecular flexibility index (Phi) is 8.65. The fourth-order valence-electron chi connectivity index (χ4n) is 3.80. The quantitative estimate of drug-likeness (QED) is 0.126. The lowest BCUT2D eigenvalue weighted by Crippen LogP contribution is -2.64. The van der Waals surface area contributed by atoms with Crippen molar-refractivity contribution in [2.75, 3.05) is 26.9 Å². The van der Waals surface area contributed by atoms with Gasteiger partial charge in [-0.3, -0.25) is 18.9 Å². The van der Waals surface area contributed by atoms with Crippen molar-refractivity contribution in [3.05, 3.63) is 0 Å². The summed E-state index contributed by atoms with van der Waals surface area (Å²) in [7, 11) is -2.77. The highest BCUT2D eigenvalue weighted by Crippen LogP contribution is 2.35. The Labute approximate surface area is 185 Å². The Bertz CT molecular complexity index is 858. The predicted octanol–water partition coefficient (Wildman–Crippen LogP) is -2.44. The zero-order valence-electron chi connectivity index (χ0n) is 18.1. The minimum atomic E-state index is -4.67. The maximum absolute atomic E-state index is 10.5. The standard InChI is InChI=1S/C16H29N7O4.H2O4S/c1-9-11(24)12(25)13(27-9)23-10(2)21-16(14(17)19-8-20-15(16)23)22(3)6-4-5-7-26-18;1-5(2,3)4/h9,11-13,24-25H,4-8,18H2,1-3H3,(H2,17,19);(H2,1,2,3,4)/t9-,11-,12-,13-,16?;/m1./s1. The summed E-state index contributed by atoms with van der Waals surface area (Å²) in [6.07, 6.45) is -1.75. The van der Waals surface area contributed by atoms with Gasteiger partial charge in [0, 0.05) is 6.54 Å². The number of aliphatic hydroxyl groups excluding tert-OH is 2. The molecule has 184 valence electrons. The van der Waals surface area contributed by atoms with Crippen LogP contribution < -0.4 is 11.6 Å². The summed E-state index contributed by atoms with van der Waals surface area (Å²) in [6.45, 7) is 4.83. The second-order valence-corrected chi connectivity index (χ2v) is 8.42. The summed E-state index contributed by atoms with van der Waals surface area (Å²) in [4.78, 5) is 21.9. The van der Waals surface area contributed by atoms with Gasteiger partial charge in [0.25, 0.3) is 0 Å². The molecule has 1 unspecified atom stereocenters. The second-order valence-electron chi connectivity index (χ2n) is 7.53. The minimum Gasteiger partial charge on any atom is -0.388 e. The summed E-state index contributed by atoms with van der Waals surface area (Å²) < 4.78 is 37.4. The normalized spacial score (nSPS) is 32.2. The molecule has 15 nitrogen and oxygen atoms in total. The van der Waals surface area contributed by atoms with Crippen molar-refractivity contribution >= 4 is 27.9 Å². The van der Waals surface area contributed by atoms with Crippen LogP contribution in [-0.4, -0.2) is 112 Å². The number of nitrogens with zero attached hydrogens (tertiary/aromatic N) is 5. The van der Waals surface area contributed by atoms with Gasteiger partial charge in [-0.15, -0.1) is 0 Å². The van der Waals surface area contributed by atoms with E-state index in [9.17, 15) is 10.2 Å². The van der Waals surface area contributed by atoms with Gasteiger partial charge >= 0.3 is 10.4 Å². The third kappa shape index (κ3) is 5.59. The van der Waals surface area contributed by atoms with Crippen molar-refractivity contribution in [2.24, 2.45) is 26.6 Å². The van der Waals surface area contributed by atoms with E-state index in [-0.39, 0.29) is 6.67 Å². The first-order valence-electron chi connectivity index (χ1n) is 9.80. The number of hydrogen-bond acceptors (Lipinski definition) is 13. The zero-order chi connectivity index (χ0) is 24.3. The van der Waals surface area contributed by atoms with Crippen molar-refractivity contribution in [2.45, 2.75) is 56.9 Å². The minimum absolute atomic E-state index is 0.179. The molecule has 16 heteroatoms. The van der Waals surface area contributed by atoms with Crippen molar-refractivity contribution < 1.29 is 37.3 Å². The van der Waals surface area contributed by atoms with Crippen LogP contribution in [0.25, 0.3) is 0 Å². The van der Waals surface area contributed by atoms with E-state index in [0.29, 0.717) is 30.7 Å². The zero-order valence-corrected chi connectivity index (χ0v) is 18.9. The average Bonchev–Trinajstić information content (AvgIpc) is 3.13. The van der Waals surface area contributed by atoms with Gasteiger partial charge in [-0.25, -0.2) is 20.9 Å². The first kappa shape index (κ1) is 26.5. The molecule has 0 radical (unpaired) electrons. The molecule has 0 aliphatic carbocycles. The molecule has 1 saturated heterocycles. The summed E-state index contributed by atoms with van der Waals surface area (Å²) >= 11 is 0. The first-order valence-corrected chi connectivity index (χ1v) is 11.2. The Morgan fingerprint density at radius 2 is 1.91 bits per heavy atom. The van der Waals surface area contributed by atoms with Crippen LogP contribution in [0.1, 0.15) is 26.7 Å². The molecule has 0 amide bonds. The molecule has 3 heterocycles. The van der Waals surface area contributed by atoms with Crippen LogP contribution in [0, 0.1) is 0 Å². The molecule has 3 rings (SSSR count). The third-order valence-corrected chi connectivity index (χ3v) is 5.32. The summed E-state index contributed by atoms with van der Waals surface area (Å²) in [5.41, 5.74) is 5.25. The number of likely N-dealkylation sites (N-methyl/N-ethyl adjacent to an activating group) is 1. The fraction of sp³-hybridized carbons (Fsp3) is 0.812. The van der Waals surface area contributed by atoms with E-state index in [4.69, 9.17) is 38.9 Å². The Morgan fingerprint density at radius 3 is 2.44 bits per heavy atom. The molecule has 8 N–H and O–H groups in total. The number of nitrogens with two attached hydrogens (primary N) is 2. The molecule has 0 aromatic rings. The molecule has 0 aromatic carbocycles. The molecule has 0 spiro atoms. The van der Waals surface area contributed by atoms with Gasteiger partial charge in [0.1, 0.15) is 30.5 Å². The van der Waals surface area contributed by atoms with Crippen molar-refractivity contribution in [3.8, 4) is 0 Å². The lowest BCUT2D eigenvalue weighted by molar-refractivity contribution is -0.0334. The van der Waals surface area contributed by atoms with E-state index in [1.807, 2.05) is 11.9 Å². The van der Waals surface area contributed by atoms with Crippen LogP contribution >= 0.6 is 0 Å². The lowest BCUT2D eigenvalue weighted by Gasteiger charge is -2.40. The molecule has 0 bridgehead atoms. The van der Waals surface area contributed by atoms with Crippen molar-refractivity contribution in [1.29, 1.82) is 0 Å². The van der Waals surface area contributed by atoms with Crippen LogP contribution in [0.5, 0.6) is 0 Å². The summed E-state index contributed by atoms with van der Waals surface area (Å²) in [5, 5.41) is 20.6. The smallest absolute Gasteiger partial charge is 0.388 e. The summed E-state index contributed by atoms with van der Waals surface area (Å²) in [6, 6.07) is 0. The Balaban J connectivity index is 0.000000654. The van der Waals surface area contributed by atoms with E-state index in [1.54, 1.807) is 18.7 Å². The van der Waals surface area contributed by atoms with Crippen LogP contribution in [-0.2, 0) is 20.0 Å². The van der Waals surface area contributed by atoms with Gasteiger partial charge in [-0.2, -0.15) is 8.42 Å². The Hall–Kier alpha value is -1.76. The topological polar surface area (TPSA) is 229 Å². The van der Waals surface area contributed by atoms with Gasteiger partial charge in [0.05, 0.1) is 12.7 Å². The van der Waals surface area contributed by atoms with Crippen molar-refractivity contribution in [1.82, 2.24) is 9.80 Å². The van der Waals surface area contributed by atoms with E-state index >= 15 is 0 Å². The Morgan fingerprint density at radius 1 is 1.28 bits per heavy atom. The van der Waals surface area contributed by atoms with E-state index in [0.717, 1.165) is 12.8 Å². The fourth-order valence-corrected chi connectivity index (χ4v) is 3.80. The maximum atomic E-state index is 10.5. The monoisotopic (exact) mass is 481 g/mol. The summed E-state index contributed by atoms with van der Waals surface area (Å²) in [5.74, 6) is 6.56. The number of fused-ring (bicyclic) bond motifs is 1. The molecule has 5 atom stereocenters. The number of unbranched alkanes of at least 4 members (excludes halogenated alkanes) is 1. The molecule has 32 heavy (non-hydrogen) atoms.